The zero-order valence-corrected chi connectivity index (χ0v) is 9.30. The minimum absolute atomic E-state index is 0.797. The van der Waals surface area contributed by atoms with E-state index in [0.717, 1.165) is 36.6 Å². The first kappa shape index (κ1) is 10.9. The van der Waals surface area contributed by atoms with Gasteiger partial charge in [0.2, 0.25) is 0 Å². The normalized spacial score (nSPS) is 10.5. The summed E-state index contributed by atoms with van der Waals surface area (Å²) in [4.78, 5) is 0. The number of unbranched alkanes of at least 4 members (excludes halogenated alkanes) is 1. The van der Waals surface area contributed by atoms with Crippen LogP contribution in [-0.4, -0.2) is 16.3 Å². The van der Waals surface area contributed by atoms with E-state index < -0.39 is 0 Å². The second kappa shape index (κ2) is 4.88. The van der Waals surface area contributed by atoms with Crippen molar-refractivity contribution >= 4 is 11.5 Å². The predicted octanol–water partition coefficient (Wildman–Crippen LogP) is 1.78. The lowest BCUT2D eigenvalue weighted by atomic mass is 10.3. The molecule has 0 aliphatic rings. The average Bonchev–Trinajstić information content (AvgIpc) is 2.45. The molecule has 0 saturated carbocycles. The summed E-state index contributed by atoms with van der Waals surface area (Å²) in [6, 6.07) is 0. The number of nitrogen functional groups attached to an aromatic ring is 1. The number of aromatic nitrogens is 2. The highest BCUT2D eigenvalue weighted by atomic mass is 15.3. The maximum Gasteiger partial charge on any atom is 0.147 e. The topological polar surface area (TPSA) is 55.9 Å². The molecule has 0 amide bonds. The third kappa shape index (κ3) is 2.19. The van der Waals surface area contributed by atoms with Crippen molar-refractivity contribution in [1.82, 2.24) is 9.78 Å². The first-order chi connectivity index (χ1) is 6.70. The van der Waals surface area contributed by atoms with Gasteiger partial charge in [-0.05, 0) is 12.8 Å². The Balaban J connectivity index is 2.70. The fraction of sp³-hybridized carbons (Fsp3) is 0.700. The molecule has 0 fully saturated rings. The summed E-state index contributed by atoms with van der Waals surface area (Å²) in [5, 5.41) is 7.65. The van der Waals surface area contributed by atoms with Gasteiger partial charge in [0.1, 0.15) is 5.82 Å². The molecule has 1 rings (SSSR count). The predicted molar refractivity (Wildman–Crippen MR) is 60.4 cm³/mol. The molecular formula is C10H20N4. The van der Waals surface area contributed by atoms with E-state index in [1.807, 2.05) is 11.7 Å². The lowest BCUT2D eigenvalue weighted by Crippen LogP contribution is -2.07. The maximum absolute atomic E-state index is 5.95. The molecule has 4 heteroatoms. The largest absolute Gasteiger partial charge is 0.394 e. The smallest absolute Gasteiger partial charge is 0.147 e. The fourth-order valence-electron chi connectivity index (χ4n) is 1.45. The van der Waals surface area contributed by atoms with Gasteiger partial charge in [-0.25, -0.2) is 0 Å². The Hall–Kier alpha value is -1.19. The van der Waals surface area contributed by atoms with E-state index in [2.05, 4.69) is 24.3 Å². The summed E-state index contributed by atoms with van der Waals surface area (Å²) in [7, 11) is 1.92. The van der Waals surface area contributed by atoms with Crippen molar-refractivity contribution in [2.45, 2.75) is 33.1 Å². The van der Waals surface area contributed by atoms with Crippen LogP contribution >= 0.6 is 0 Å². The zero-order chi connectivity index (χ0) is 10.6. The van der Waals surface area contributed by atoms with Crippen molar-refractivity contribution < 1.29 is 0 Å². The molecule has 0 saturated heterocycles. The van der Waals surface area contributed by atoms with Crippen molar-refractivity contribution in [3.63, 3.8) is 0 Å². The van der Waals surface area contributed by atoms with Crippen LogP contribution < -0.4 is 11.1 Å². The first-order valence-corrected chi connectivity index (χ1v) is 5.25. The van der Waals surface area contributed by atoms with Gasteiger partial charge >= 0.3 is 0 Å². The molecule has 0 radical (unpaired) electrons. The van der Waals surface area contributed by atoms with Gasteiger partial charge in [0.05, 0.1) is 11.4 Å². The van der Waals surface area contributed by atoms with Crippen LogP contribution in [0.1, 0.15) is 32.4 Å². The average molecular weight is 196 g/mol. The van der Waals surface area contributed by atoms with Crippen molar-refractivity contribution in [3.8, 4) is 0 Å². The van der Waals surface area contributed by atoms with Gasteiger partial charge in [-0.3, -0.25) is 4.68 Å². The molecule has 0 bridgehead atoms. The molecule has 1 heterocycles. The van der Waals surface area contributed by atoms with Gasteiger partial charge in [0, 0.05) is 13.6 Å². The highest BCUT2D eigenvalue weighted by Crippen LogP contribution is 2.21. The number of anilines is 2. The van der Waals surface area contributed by atoms with E-state index >= 15 is 0 Å². The highest BCUT2D eigenvalue weighted by Gasteiger charge is 2.10. The van der Waals surface area contributed by atoms with Crippen LogP contribution in [0.2, 0.25) is 0 Å². The van der Waals surface area contributed by atoms with Gasteiger partial charge in [-0.1, -0.05) is 20.3 Å². The Kier molecular flexibility index (Phi) is 3.80. The third-order valence-corrected chi connectivity index (χ3v) is 2.32. The Morgan fingerprint density at radius 3 is 2.64 bits per heavy atom. The molecule has 14 heavy (non-hydrogen) atoms. The molecular weight excluding hydrogens is 176 g/mol. The summed E-state index contributed by atoms with van der Waals surface area (Å²) in [6.45, 7) is 5.20. The lowest BCUT2D eigenvalue weighted by Gasteiger charge is -2.06. The molecule has 4 nitrogen and oxygen atoms in total. The second-order valence-electron chi connectivity index (χ2n) is 3.47. The van der Waals surface area contributed by atoms with Crippen molar-refractivity contribution in [2.24, 2.45) is 7.05 Å². The van der Waals surface area contributed by atoms with E-state index in [1.54, 1.807) is 0 Å². The van der Waals surface area contributed by atoms with E-state index in [0.29, 0.717) is 0 Å². The molecule has 0 atom stereocenters. The number of hydrogen-bond acceptors (Lipinski definition) is 3. The number of nitrogens with one attached hydrogen (secondary N) is 1. The molecule has 0 spiro atoms. The Morgan fingerprint density at radius 2 is 2.14 bits per heavy atom. The zero-order valence-electron chi connectivity index (χ0n) is 9.30. The Labute approximate surface area is 85.5 Å². The van der Waals surface area contributed by atoms with Crippen LogP contribution in [0.25, 0.3) is 0 Å². The van der Waals surface area contributed by atoms with Crippen molar-refractivity contribution in [2.75, 3.05) is 17.6 Å². The van der Waals surface area contributed by atoms with Crippen LogP contribution in [-0.2, 0) is 13.5 Å². The van der Waals surface area contributed by atoms with E-state index in [1.165, 1.54) is 6.42 Å². The molecule has 0 unspecified atom stereocenters. The lowest BCUT2D eigenvalue weighted by molar-refractivity contribution is 0.740. The molecule has 3 N–H and O–H groups in total. The van der Waals surface area contributed by atoms with Crippen LogP contribution in [0.4, 0.5) is 11.5 Å². The monoisotopic (exact) mass is 196 g/mol. The molecule has 80 valence electrons. The molecule has 1 aromatic rings. The minimum atomic E-state index is 0.797. The number of aryl methyl sites for hydroxylation is 2. The summed E-state index contributed by atoms with van der Waals surface area (Å²) >= 11 is 0. The quantitative estimate of drug-likeness (QED) is 0.706. The van der Waals surface area contributed by atoms with E-state index in [9.17, 15) is 0 Å². The second-order valence-corrected chi connectivity index (χ2v) is 3.47. The Morgan fingerprint density at radius 1 is 1.43 bits per heavy atom. The van der Waals surface area contributed by atoms with Crippen LogP contribution in [0, 0.1) is 0 Å². The molecule has 0 aromatic carbocycles. The summed E-state index contributed by atoms with van der Waals surface area (Å²) in [6.07, 6.45) is 3.23. The van der Waals surface area contributed by atoms with Gasteiger partial charge in [-0.2, -0.15) is 5.10 Å². The van der Waals surface area contributed by atoms with Crippen LogP contribution in [0.5, 0.6) is 0 Å². The maximum atomic E-state index is 5.95. The summed E-state index contributed by atoms with van der Waals surface area (Å²) in [5.41, 5.74) is 7.73. The molecule has 1 aromatic heterocycles. The highest BCUT2D eigenvalue weighted by molar-refractivity contribution is 5.64. The summed E-state index contributed by atoms with van der Waals surface area (Å²) in [5.74, 6) is 0.954. The summed E-state index contributed by atoms with van der Waals surface area (Å²) < 4.78 is 1.82. The minimum Gasteiger partial charge on any atom is -0.394 e. The van der Waals surface area contributed by atoms with Gasteiger partial charge in [-0.15, -0.1) is 0 Å². The van der Waals surface area contributed by atoms with Gasteiger partial charge in [0.15, 0.2) is 0 Å². The number of rotatable bonds is 5. The standard InChI is InChI=1S/C10H20N4/c1-4-6-7-12-10-9(11)8(5-2)13-14(10)3/h12H,4-7,11H2,1-3H3. The first-order valence-electron chi connectivity index (χ1n) is 5.25. The van der Waals surface area contributed by atoms with Crippen molar-refractivity contribution in [1.29, 1.82) is 0 Å². The molecule has 0 aliphatic heterocycles. The third-order valence-electron chi connectivity index (χ3n) is 2.32. The van der Waals surface area contributed by atoms with Gasteiger partial charge in [0.25, 0.3) is 0 Å². The number of nitrogens with zero attached hydrogens (tertiary/aromatic N) is 2. The SMILES string of the molecule is CCCCNc1c(N)c(CC)nn1C. The van der Waals surface area contributed by atoms with Crippen molar-refractivity contribution in [3.05, 3.63) is 5.69 Å². The fourth-order valence-corrected chi connectivity index (χ4v) is 1.45. The van der Waals surface area contributed by atoms with E-state index in [-0.39, 0.29) is 0 Å². The van der Waals surface area contributed by atoms with Gasteiger partial charge < -0.3 is 11.1 Å². The Bertz CT molecular complexity index is 291. The van der Waals surface area contributed by atoms with Crippen LogP contribution in [0.3, 0.4) is 0 Å². The number of hydrogen-bond donors (Lipinski definition) is 2. The van der Waals surface area contributed by atoms with E-state index in [4.69, 9.17) is 5.73 Å². The number of nitrogens with two attached hydrogens (primary N) is 1. The van der Waals surface area contributed by atoms with Crippen LogP contribution in [0.15, 0.2) is 0 Å². The molecule has 0 aliphatic carbocycles.